The second-order valence-corrected chi connectivity index (χ2v) is 6.71. The molecule has 2 heterocycles. The number of thioether (sulfide) groups is 2. The van der Waals surface area contributed by atoms with Crippen molar-refractivity contribution in [3.05, 3.63) is 24.0 Å². The molecule has 0 aromatic carbocycles. The van der Waals surface area contributed by atoms with Gasteiger partial charge in [-0.3, -0.25) is 4.98 Å². The average molecular weight is 255 g/mol. The highest BCUT2D eigenvalue weighted by molar-refractivity contribution is 8.07. The molecule has 16 heavy (non-hydrogen) atoms. The number of nitrogens with two attached hydrogens (primary N) is 2. The molecule has 0 spiro atoms. The number of rotatable bonds is 2. The summed E-state index contributed by atoms with van der Waals surface area (Å²) in [5, 5.41) is 1.01. The summed E-state index contributed by atoms with van der Waals surface area (Å²) in [5.41, 5.74) is 14.0. The zero-order valence-corrected chi connectivity index (χ0v) is 10.9. The molecule has 0 saturated carbocycles. The Morgan fingerprint density at radius 1 is 1.44 bits per heavy atom. The molecule has 0 bridgehead atoms. The highest BCUT2D eigenvalue weighted by atomic mass is 32.2. The summed E-state index contributed by atoms with van der Waals surface area (Å²) in [7, 11) is 0. The van der Waals surface area contributed by atoms with E-state index >= 15 is 0 Å². The van der Waals surface area contributed by atoms with Crippen molar-refractivity contribution in [3.63, 3.8) is 0 Å². The fourth-order valence-electron chi connectivity index (χ4n) is 1.92. The van der Waals surface area contributed by atoms with Gasteiger partial charge in [-0.05, 0) is 6.07 Å². The van der Waals surface area contributed by atoms with Crippen molar-refractivity contribution in [2.24, 2.45) is 5.73 Å². The molecule has 3 atom stereocenters. The molecule has 2 rings (SSSR count). The van der Waals surface area contributed by atoms with Gasteiger partial charge in [-0.15, -0.1) is 0 Å². The van der Waals surface area contributed by atoms with Gasteiger partial charge in [0.1, 0.15) is 0 Å². The Kier molecular flexibility index (Phi) is 4.00. The third kappa shape index (κ3) is 2.47. The van der Waals surface area contributed by atoms with Crippen LogP contribution in [0, 0.1) is 0 Å². The van der Waals surface area contributed by atoms with Gasteiger partial charge in [0.05, 0.1) is 0 Å². The topological polar surface area (TPSA) is 64.9 Å². The van der Waals surface area contributed by atoms with E-state index in [2.05, 4.69) is 11.9 Å². The molecule has 0 amide bonds. The largest absolute Gasteiger partial charge is 0.398 e. The summed E-state index contributed by atoms with van der Waals surface area (Å²) >= 11 is 3.95. The molecular weight excluding hydrogens is 238 g/mol. The third-order valence-electron chi connectivity index (χ3n) is 2.84. The second kappa shape index (κ2) is 5.29. The van der Waals surface area contributed by atoms with Crippen LogP contribution in [0.25, 0.3) is 0 Å². The van der Waals surface area contributed by atoms with Crippen molar-refractivity contribution in [3.8, 4) is 0 Å². The van der Waals surface area contributed by atoms with Crippen molar-refractivity contribution in [2.45, 2.75) is 23.5 Å². The number of nitrogens with zero attached hydrogens (tertiary/aromatic N) is 1. The summed E-state index contributed by atoms with van der Waals surface area (Å²) in [6.45, 7) is 2.24. The van der Waals surface area contributed by atoms with Gasteiger partial charge >= 0.3 is 0 Å². The van der Waals surface area contributed by atoms with Crippen LogP contribution >= 0.6 is 23.5 Å². The molecular formula is C11H17N3S2. The molecule has 1 aromatic rings. The van der Waals surface area contributed by atoms with Crippen LogP contribution in [-0.2, 0) is 0 Å². The van der Waals surface area contributed by atoms with Crippen LogP contribution < -0.4 is 11.5 Å². The van der Waals surface area contributed by atoms with E-state index in [1.165, 1.54) is 11.5 Å². The molecule has 1 aliphatic rings. The Morgan fingerprint density at radius 2 is 2.19 bits per heavy atom. The second-order valence-electron chi connectivity index (χ2n) is 3.94. The van der Waals surface area contributed by atoms with Crippen LogP contribution in [0.15, 0.2) is 18.5 Å². The number of hydrogen-bond donors (Lipinski definition) is 2. The maximum absolute atomic E-state index is 6.31. The van der Waals surface area contributed by atoms with Crippen molar-refractivity contribution in [2.75, 3.05) is 17.2 Å². The molecule has 1 aliphatic heterocycles. The fraction of sp³-hybridized carbons (Fsp3) is 0.545. The Balaban J connectivity index is 2.17. The van der Waals surface area contributed by atoms with Gasteiger partial charge in [0, 0.05) is 51.7 Å². The highest BCUT2D eigenvalue weighted by Gasteiger charge is 2.29. The molecule has 3 nitrogen and oxygen atoms in total. The van der Waals surface area contributed by atoms with E-state index in [-0.39, 0.29) is 6.04 Å². The number of hydrogen-bond acceptors (Lipinski definition) is 5. The standard InChI is InChI=1S/C11H17N3S2/c1-7-11(16-5-4-15-7)10(13)8-6-14-3-2-9(8)12/h2-3,6-7,10-11H,4-5,13H2,1H3,(H2,12,14). The summed E-state index contributed by atoms with van der Waals surface area (Å²) < 4.78 is 0. The van der Waals surface area contributed by atoms with Gasteiger partial charge in [0.25, 0.3) is 0 Å². The summed E-state index contributed by atoms with van der Waals surface area (Å²) in [5.74, 6) is 2.39. The lowest BCUT2D eigenvalue weighted by molar-refractivity contribution is 0.663. The van der Waals surface area contributed by atoms with Crippen LogP contribution in [0.3, 0.4) is 0 Å². The fourth-order valence-corrected chi connectivity index (χ4v) is 4.79. The van der Waals surface area contributed by atoms with E-state index < -0.39 is 0 Å². The summed E-state index contributed by atoms with van der Waals surface area (Å²) in [6, 6.07) is 1.81. The normalized spacial score (nSPS) is 27.6. The molecule has 1 aromatic heterocycles. The zero-order valence-electron chi connectivity index (χ0n) is 9.30. The van der Waals surface area contributed by atoms with E-state index in [9.17, 15) is 0 Å². The minimum atomic E-state index is -0.0125. The minimum absolute atomic E-state index is 0.0125. The van der Waals surface area contributed by atoms with Crippen LogP contribution in [0.4, 0.5) is 5.69 Å². The smallest absolute Gasteiger partial charge is 0.0462 e. The van der Waals surface area contributed by atoms with E-state index in [0.717, 1.165) is 11.3 Å². The quantitative estimate of drug-likeness (QED) is 0.845. The lowest BCUT2D eigenvalue weighted by atomic mass is 10.0. The Labute approximate surface area is 105 Å². The van der Waals surface area contributed by atoms with Crippen molar-refractivity contribution < 1.29 is 0 Å². The predicted octanol–water partition coefficient (Wildman–Crippen LogP) is 1.90. The lowest BCUT2D eigenvalue weighted by Gasteiger charge is -2.32. The molecule has 88 valence electrons. The van der Waals surface area contributed by atoms with Gasteiger partial charge in [-0.1, -0.05) is 6.92 Å². The van der Waals surface area contributed by atoms with Gasteiger partial charge < -0.3 is 11.5 Å². The average Bonchev–Trinajstić information content (AvgIpc) is 2.29. The zero-order chi connectivity index (χ0) is 11.5. The van der Waals surface area contributed by atoms with Gasteiger partial charge in [-0.25, -0.2) is 0 Å². The first-order chi connectivity index (χ1) is 7.70. The molecule has 5 heteroatoms. The Hall–Kier alpha value is -0.390. The van der Waals surface area contributed by atoms with Crippen molar-refractivity contribution >= 4 is 29.2 Å². The minimum Gasteiger partial charge on any atom is -0.398 e. The molecule has 1 saturated heterocycles. The third-order valence-corrected chi connectivity index (χ3v) is 6.05. The first-order valence-electron chi connectivity index (χ1n) is 5.38. The number of aromatic nitrogens is 1. The number of nitrogen functional groups attached to an aromatic ring is 1. The SMILES string of the molecule is CC1SCCSC1C(N)c1cnccc1N. The van der Waals surface area contributed by atoms with E-state index in [0.29, 0.717) is 10.5 Å². The van der Waals surface area contributed by atoms with Crippen molar-refractivity contribution in [1.82, 2.24) is 4.98 Å². The van der Waals surface area contributed by atoms with Crippen LogP contribution in [0.1, 0.15) is 18.5 Å². The van der Waals surface area contributed by atoms with E-state index in [1.807, 2.05) is 29.6 Å². The first-order valence-corrected chi connectivity index (χ1v) is 7.48. The van der Waals surface area contributed by atoms with Crippen LogP contribution in [-0.4, -0.2) is 27.0 Å². The summed E-state index contributed by atoms with van der Waals surface area (Å²) in [6.07, 6.45) is 3.50. The molecule has 4 N–H and O–H groups in total. The first kappa shape index (κ1) is 12.1. The Bertz CT molecular complexity index is 359. The molecule has 0 radical (unpaired) electrons. The molecule has 1 fully saturated rings. The van der Waals surface area contributed by atoms with Gasteiger partial charge in [-0.2, -0.15) is 23.5 Å². The maximum atomic E-state index is 6.31. The van der Waals surface area contributed by atoms with E-state index in [4.69, 9.17) is 11.5 Å². The number of anilines is 1. The number of pyridine rings is 1. The Morgan fingerprint density at radius 3 is 2.88 bits per heavy atom. The maximum Gasteiger partial charge on any atom is 0.0462 e. The van der Waals surface area contributed by atoms with Crippen LogP contribution in [0.2, 0.25) is 0 Å². The van der Waals surface area contributed by atoms with Crippen molar-refractivity contribution in [1.29, 1.82) is 0 Å². The summed E-state index contributed by atoms with van der Waals surface area (Å²) in [4.78, 5) is 4.11. The van der Waals surface area contributed by atoms with Crippen LogP contribution in [0.5, 0.6) is 0 Å². The molecule has 0 aliphatic carbocycles. The molecule has 3 unspecified atom stereocenters. The highest BCUT2D eigenvalue weighted by Crippen LogP contribution is 2.38. The van der Waals surface area contributed by atoms with E-state index in [1.54, 1.807) is 12.4 Å². The van der Waals surface area contributed by atoms with Gasteiger partial charge in [0.15, 0.2) is 0 Å². The van der Waals surface area contributed by atoms with Gasteiger partial charge in [0.2, 0.25) is 0 Å². The lowest BCUT2D eigenvalue weighted by Crippen LogP contribution is -2.34. The monoisotopic (exact) mass is 255 g/mol. The predicted molar refractivity (Wildman–Crippen MR) is 73.7 cm³/mol.